The Morgan fingerprint density at radius 1 is 1.55 bits per heavy atom. The van der Waals surface area contributed by atoms with Crippen molar-refractivity contribution < 1.29 is 19.6 Å². The van der Waals surface area contributed by atoms with E-state index in [1.165, 1.54) is 30.2 Å². The average Bonchev–Trinajstić information content (AvgIpc) is 2.37. The van der Waals surface area contributed by atoms with Crippen molar-refractivity contribution in [2.75, 3.05) is 27.3 Å². The lowest BCUT2D eigenvalue weighted by atomic mass is 10.1. The van der Waals surface area contributed by atoms with Gasteiger partial charge in [-0.05, 0) is 18.6 Å². The van der Waals surface area contributed by atoms with E-state index in [0.29, 0.717) is 11.1 Å². The maximum Gasteiger partial charge on any atom is 0.269 e. The van der Waals surface area contributed by atoms with Gasteiger partial charge >= 0.3 is 0 Å². The van der Waals surface area contributed by atoms with Gasteiger partial charge in [-0.1, -0.05) is 0 Å². The molecule has 1 amide bonds. The highest BCUT2D eigenvalue weighted by Gasteiger charge is 2.18. The summed E-state index contributed by atoms with van der Waals surface area (Å²) in [6.45, 7) is 1.90. The van der Waals surface area contributed by atoms with Gasteiger partial charge in [0.15, 0.2) is 0 Å². The Bertz CT molecular complexity index is 504. The Hall–Kier alpha value is -1.99. The molecule has 0 aliphatic carbocycles. The Balaban J connectivity index is 2.84. The normalized spacial score (nSPS) is 12.0. The summed E-state index contributed by atoms with van der Waals surface area (Å²) < 4.78 is 4.79. The van der Waals surface area contributed by atoms with Gasteiger partial charge in [0.1, 0.15) is 0 Å². The van der Waals surface area contributed by atoms with Crippen LogP contribution in [0.3, 0.4) is 0 Å². The largest absolute Gasteiger partial charge is 0.389 e. The van der Waals surface area contributed by atoms with Crippen LogP contribution in [0.5, 0.6) is 0 Å². The molecule has 0 fully saturated rings. The van der Waals surface area contributed by atoms with Gasteiger partial charge in [0, 0.05) is 38.4 Å². The number of hydrogen-bond donors (Lipinski definition) is 1. The highest BCUT2D eigenvalue weighted by molar-refractivity contribution is 5.95. The van der Waals surface area contributed by atoms with E-state index in [4.69, 9.17) is 4.74 Å². The monoisotopic (exact) mass is 282 g/mol. The van der Waals surface area contributed by atoms with E-state index in [9.17, 15) is 20.0 Å². The number of likely N-dealkylation sites (N-methyl/N-ethyl adjacent to an activating group) is 1. The molecule has 0 bridgehead atoms. The Morgan fingerprint density at radius 3 is 2.70 bits per heavy atom. The summed E-state index contributed by atoms with van der Waals surface area (Å²) in [7, 11) is 3.02. The number of nitro groups is 1. The van der Waals surface area contributed by atoms with Crippen molar-refractivity contribution in [3.8, 4) is 0 Å². The molecular weight excluding hydrogens is 264 g/mol. The van der Waals surface area contributed by atoms with Crippen LogP contribution < -0.4 is 0 Å². The zero-order valence-electron chi connectivity index (χ0n) is 11.7. The smallest absolute Gasteiger partial charge is 0.269 e. The van der Waals surface area contributed by atoms with Crippen LogP contribution in [0.25, 0.3) is 0 Å². The summed E-state index contributed by atoms with van der Waals surface area (Å²) >= 11 is 0. The molecule has 0 aliphatic rings. The molecule has 1 atom stereocenters. The van der Waals surface area contributed by atoms with E-state index in [0.717, 1.165) is 0 Å². The van der Waals surface area contributed by atoms with Crippen LogP contribution >= 0.6 is 0 Å². The lowest BCUT2D eigenvalue weighted by Crippen LogP contribution is -2.36. The van der Waals surface area contributed by atoms with Crippen molar-refractivity contribution in [3.05, 3.63) is 39.4 Å². The first-order chi connectivity index (χ1) is 9.36. The summed E-state index contributed by atoms with van der Waals surface area (Å²) in [6, 6.07) is 4.07. The molecule has 0 radical (unpaired) electrons. The molecule has 7 heteroatoms. The number of amides is 1. The van der Waals surface area contributed by atoms with Crippen LogP contribution in [0.1, 0.15) is 15.9 Å². The number of aliphatic hydroxyl groups is 1. The van der Waals surface area contributed by atoms with E-state index in [1.807, 2.05) is 0 Å². The number of nitro benzene ring substituents is 1. The van der Waals surface area contributed by atoms with Gasteiger partial charge < -0.3 is 14.7 Å². The van der Waals surface area contributed by atoms with Gasteiger partial charge in [0.2, 0.25) is 0 Å². The lowest BCUT2D eigenvalue weighted by molar-refractivity contribution is -0.384. The minimum absolute atomic E-state index is 0.0545. The molecule has 1 N–H and O–H groups in total. The number of methoxy groups -OCH3 is 1. The molecule has 0 saturated carbocycles. The minimum Gasteiger partial charge on any atom is -0.389 e. The fraction of sp³-hybridized carbons (Fsp3) is 0.462. The van der Waals surface area contributed by atoms with Gasteiger partial charge in [-0.15, -0.1) is 0 Å². The van der Waals surface area contributed by atoms with E-state index in [2.05, 4.69) is 0 Å². The third-order valence-electron chi connectivity index (χ3n) is 2.84. The Morgan fingerprint density at radius 2 is 2.20 bits per heavy atom. The Kier molecular flexibility index (Phi) is 5.60. The molecule has 0 saturated heterocycles. The topological polar surface area (TPSA) is 92.9 Å². The molecule has 0 spiro atoms. The number of non-ortho nitro benzene ring substituents is 1. The summed E-state index contributed by atoms with van der Waals surface area (Å²) in [5, 5.41) is 20.2. The predicted octanol–water partition coefficient (Wildman–Crippen LogP) is 0.983. The lowest BCUT2D eigenvalue weighted by Gasteiger charge is -2.21. The van der Waals surface area contributed by atoms with Crippen molar-refractivity contribution in [2.45, 2.75) is 13.0 Å². The van der Waals surface area contributed by atoms with Gasteiger partial charge in [-0.25, -0.2) is 0 Å². The number of ether oxygens (including phenoxy) is 1. The molecule has 1 aromatic rings. The van der Waals surface area contributed by atoms with E-state index >= 15 is 0 Å². The van der Waals surface area contributed by atoms with Gasteiger partial charge in [-0.2, -0.15) is 0 Å². The summed E-state index contributed by atoms with van der Waals surface area (Å²) in [5.74, 6) is -0.299. The first-order valence-corrected chi connectivity index (χ1v) is 6.04. The maximum absolute atomic E-state index is 12.2. The van der Waals surface area contributed by atoms with Crippen LogP contribution in [0.15, 0.2) is 18.2 Å². The van der Waals surface area contributed by atoms with Crippen LogP contribution in [-0.2, 0) is 4.74 Å². The van der Waals surface area contributed by atoms with E-state index in [1.54, 1.807) is 14.0 Å². The van der Waals surface area contributed by atoms with Crippen LogP contribution in [-0.4, -0.2) is 54.3 Å². The first-order valence-electron chi connectivity index (χ1n) is 6.04. The van der Waals surface area contributed by atoms with E-state index < -0.39 is 11.0 Å². The molecule has 0 aliphatic heterocycles. The quantitative estimate of drug-likeness (QED) is 0.620. The van der Waals surface area contributed by atoms with Gasteiger partial charge in [0.25, 0.3) is 11.6 Å². The molecule has 0 heterocycles. The third kappa shape index (κ3) is 4.01. The second-order valence-corrected chi connectivity index (χ2v) is 4.55. The summed E-state index contributed by atoms with van der Waals surface area (Å²) in [6.07, 6.45) is -0.771. The SMILES string of the molecule is COCC(O)CN(C)C(=O)c1ccc([N+](=O)[O-])cc1C. The van der Waals surface area contributed by atoms with Crippen LogP contribution in [0, 0.1) is 17.0 Å². The van der Waals surface area contributed by atoms with Gasteiger partial charge in [0.05, 0.1) is 17.6 Å². The predicted molar refractivity (Wildman–Crippen MR) is 72.7 cm³/mol. The molecule has 7 nitrogen and oxygen atoms in total. The van der Waals surface area contributed by atoms with Crippen molar-refractivity contribution in [2.24, 2.45) is 0 Å². The molecule has 110 valence electrons. The summed E-state index contributed by atoms with van der Waals surface area (Å²) in [5.41, 5.74) is 0.848. The number of carbonyl (C=O) groups is 1. The van der Waals surface area contributed by atoms with Crippen molar-refractivity contribution in [3.63, 3.8) is 0 Å². The first kappa shape index (κ1) is 16.1. The number of nitrogens with zero attached hydrogens (tertiary/aromatic N) is 2. The van der Waals surface area contributed by atoms with Crippen LogP contribution in [0.4, 0.5) is 5.69 Å². The number of hydrogen-bond acceptors (Lipinski definition) is 5. The fourth-order valence-electron chi connectivity index (χ4n) is 1.85. The molecule has 1 rings (SSSR count). The fourth-order valence-corrected chi connectivity index (χ4v) is 1.85. The second-order valence-electron chi connectivity index (χ2n) is 4.55. The second kappa shape index (κ2) is 6.97. The number of aliphatic hydroxyl groups excluding tert-OH is 1. The molecule has 0 aromatic heterocycles. The van der Waals surface area contributed by atoms with Crippen molar-refractivity contribution in [1.82, 2.24) is 4.90 Å². The van der Waals surface area contributed by atoms with Crippen molar-refractivity contribution >= 4 is 11.6 Å². The van der Waals surface area contributed by atoms with Gasteiger partial charge in [-0.3, -0.25) is 14.9 Å². The zero-order valence-corrected chi connectivity index (χ0v) is 11.7. The highest BCUT2D eigenvalue weighted by Crippen LogP contribution is 2.18. The van der Waals surface area contributed by atoms with Crippen molar-refractivity contribution in [1.29, 1.82) is 0 Å². The number of aryl methyl sites for hydroxylation is 1. The standard InChI is InChI=1S/C13H18N2O5/c1-9-6-10(15(18)19)4-5-12(9)13(17)14(2)7-11(16)8-20-3/h4-6,11,16H,7-8H2,1-3H3. The molecule has 1 aromatic carbocycles. The summed E-state index contributed by atoms with van der Waals surface area (Å²) in [4.78, 5) is 23.7. The number of carbonyl (C=O) groups excluding carboxylic acids is 1. The van der Waals surface area contributed by atoms with Crippen LogP contribution in [0.2, 0.25) is 0 Å². The molecular formula is C13H18N2O5. The number of rotatable bonds is 6. The minimum atomic E-state index is -0.771. The third-order valence-corrected chi connectivity index (χ3v) is 2.84. The molecule has 1 unspecified atom stereocenters. The zero-order chi connectivity index (χ0) is 15.3. The molecule has 20 heavy (non-hydrogen) atoms. The average molecular weight is 282 g/mol. The highest BCUT2D eigenvalue weighted by atomic mass is 16.6. The maximum atomic E-state index is 12.2. The number of benzene rings is 1. The van der Waals surface area contributed by atoms with E-state index in [-0.39, 0.29) is 24.7 Å². The Labute approximate surface area is 116 Å².